The minimum absolute atomic E-state index is 0.0417. The lowest BCUT2D eigenvalue weighted by Gasteiger charge is -2.23. The number of halogens is 2. The summed E-state index contributed by atoms with van der Waals surface area (Å²) in [5, 5.41) is 8.80. The van der Waals surface area contributed by atoms with Crippen molar-refractivity contribution in [2.24, 2.45) is 0 Å². The van der Waals surface area contributed by atoms with Crippen molar-refractivity contribution in [2.75, 3.05) is 11.4 Å². The number of nitriles is 1. The Morgan fingerprint density at radius 3 is 2.43 bits per heavy atom. The van der Waals surface area contributed by atoms with Crippen molar-refractivity contribution in [3.8, 4) is 6.07 Å². The quantitative estimate of drug-likeness (QED) is 0.851. The number of hydrogen-bond acceptors (Lipinski definition) is 2. The number of carbonyl (C=O) groups is 1. The fraction of sp³-hybridized carbons (Fsp3) is 0.222. The maximum Gasteiger partial charge on any atom is 0.258 e. The molecule has 2 aromatic carbocycles. The van der Waals surface area contributed by atoms with E-state index in [0.717, 1.165) is 23.3 Å². The number of nitrogens with zero attached hydrogens (tertiary/aromatic N) is 2. The summed E-state index contributed by atoms with van der Waals surface area (Å²) in [6.07, 6.45) is 0.141. The normalized spacial score (nSPS) is 10.2. The molecule has 0 aromatic heterocycles. The fourth-order valence-electron chi connectivity index (χ4n) is 2.19. The third-order valence-corrected chi connectivity index (χ3v) is 3.66. The molecule has 2 aromatic rings. The summed E-state index contributed by atoms with van der Waals surface area (Å²) in [5.74, 6) is -2.55. The van der Waals surface area contributed by atoms with Crippen LogP contribution in [0.25, 0.3) is 0 Å². The maximum atomic E-state index is 13.4. The van der Waals surface area contributed by atoms with E-state index in [1.54, 1.807) is 6.07 Å². The van der Waals surface area contributed by atoms with Gasteiger partial charge in [-0.3, -0.25) is 4.79 Å². The lowest BCUT2D eigenvalue weighted by atomic mass is 10.1. The van der Waals surface area contributed by atoms with Gasteiger partial charge in [0.05, 0.1) is 12.5 Å². The zero-order valence-electron chi connectivity index (χ0n) is 12.9. The van der Waals surface area contributed by atoms with Crippen molar-refractivity contribution < 1.29 is 13.6 Å². The second-order valence-corrected chi connectivity index (χ2v) is 5.26. The fourth-order valence-corrected chi connectivity index (χ4v) is 2.19. The van der Waals surface area contributed by atoms with Crippen molar-refractivity contribution in [3.63, 3.8) is 0 Å². The van der Waals surface area contributed by atoms with Gasteiger partial charge in [0.1, 0.15) is 0 Å². The van der Waals surface area contributed by atoms with Crippen LogP contribution in [0.3, 0.4) is 0 Å². The molecule has 0 atom stereocenters. The topological polar surface area (TPSA) is 44.1 Å². The van der Waals surface area contributed by atoms with Crippen molar-refractivity contribution in [2.45, 2.75) is 20.3 Å². The molecule has 2 rings (SSSR count). The molecule has 5 heteroatoms. The Morgan fingerprint density at radius 1 is 1.09 bits per heavy atom. The van der Waals surface area contributed by atoms with Gasteiger partial charge in [-0.1, -0.05) is 6.07 Å². The molecule has 0 bridgehead atoms. The first kappa shape index (κ1) is 16.6. The predicted molar refractivity (Wildman–Crippen MR) is 84.2 cm³/mol. The van der Waals surface area contributed by atoms with Crippen molar-refractivity contribution in [3.05, 3.63) is 64.7 Å². The molecule has 0 unspecified atom stereocenters. The van der Waals surface area contributed by atoms with Gasteiger partial charge in [0.2, 0.25) is 0 Å². The van der Waals surface area contributed by atoms with Gasteiger partial charge in [-0.2, -0.15) is 5.26 Å². The Balaban J connectivity index is 2.40. The van der Waals surface area contributed by atoms with E-state index in [2.05, 4.69) is 0 Å². The SMILES string of the molecule is Cc1ccc(N(CCC#N)C(=O)c2ccc(F)c(F)c2)cc1C. The monoisotopic (exact) mass is 314 g/mol. The number of hydrogen-bond donors (Lipinski definition) is 0. The molecule has 0 saturated heterocycles. The minimum atomic E-state index is -1.07. The Morgan fingerprint density at radius 2 is 1.83 bits per heavy atom. The Bertz CT molecular complexity index is 781. The zero-order chi connectivity index (χ0) is 17.0. The van der Waals surface area contributed by atoms with E-state index in [-0.39, 0.29) is 18.5 Å². The molecule has 0 heterocycles. The Hall–Kier alpha value is -2.74. The third-order valence-electron chi connectivity index (χ3n) is 3.66. The van der Waals surface area contributed by atoms with Gasteiger partial charge in [-0.25, -0.2) is 8.78 Å². The molecule has 23 heavy (non-hydrogen) atoms. The first-order valence-corrected chi connectivity index (χ1v) is 7.15. The smallest absolute Gasteiger partial charge is 0.258 e. The molecule has 0 aliphatic rings. The number of carbonyl (C=O) groups excluding carboxylic acids is 1. The first-order chi connectivity index (χ1) is 10.9. The van der Waals surface area contributed by atoms with Crippen LogP contribution < -0.4 is 4.90 Å². The number of aryl methyl sites for hydroxylation is 2. The summed E-state index contributed by atoms with van der Waals surface area (Å²) >= 11 is 0. The Kier molecular flexibility index (Phi) is 5.07. The lowest BCUT2D eigenvalue weighted by Crippen LogP contribution is -2.32. The van der Waals surface area contributed by atoms with E-state index in [4.69, 9.17) is 5.26 Å². The molecule has 0 spiro atoms. The molecule has 3 nitrogen and oxygen atoms in total. The van der Waals surface area contributed by atoms with Crippen LogP contribution in [-0.2, 0) is 0 Å². The van der Waals surface area contributed by atoms with Crippen LogP contribution >= 0.6 is 0 Å². The summed E-state index contributed by atoms with van der Waals surface area (Å²) in [6.45, 7) is 4.05. The molecule has 0 saturated carbocycles. The van der Waals surface area contributed by atoms with Gasteiger partial charge < -0.3 is 4.90 Å². The summed E-state index contributed by atoms with van der Waals surface area (Å²) in [4.78, 5) is 14.0. The molecule has 0 N–H and O–H groups in total. The van der Waals surface area contributed by atoms with Gasteiger partial charge in [-0.05, 0) is 55.3 Å². The highest BCUT2D eigenvalue weighted by atomic mass is 19.2. The second-order valence-electron chi connectivity index (χ2n) is 5.26. The molecule has 118 valence electrons. The van der Waals surface area contributed by atoms with E-state index in [1.807, 2.05) is 32.0 Å². The van der Waals surface area contributed by atoms with Crippen LogP contribution in [-0.4, -0.2) is 12.5 Å². The molecule has 0 radical (unpaired) electrons. The molecular formula is C18H16F2N2O. The van der Waals surface area contributed by atoms with Crippen LogP contribution in [0.15, 0.2) is 36.4 Å². The van der Waals surface area contributed by atoms with E-state index in [9.17, 15) is 13.6 Å². The summed E-state index contributed by atoms with van der Waals surface area (Å²) < 4.78 is 26.4. The van der Waals surface area contributed by atoms with Gasteiger partial charge in [-0.15, -0.1) is 0 Å². The largest absolute Gasteiger partial charge is 0.307 e. The summed E-state index contributed by atoms with van der Waals surface area (Å²) in [6, 6.07) is 10.5. The van der Waals surface area contributed by atoms with E-state index in [1.165, 1.54) is 11.0 Å². The first-order valence-electron chi connectivity index (χ1n) is 7.15. The van der Waals surface area contributed by atoms with Gasteiger partial charge in [0, 0.05) is 17.8 Å². The van der Waals surface area contributed by atoms with Crippen LogP contribution in [0.5, 0.6) is 0 Å². The standard InChI is InChI=1S/C18H16F2N2O/c1-12-4-6-15(10-13(12)2)22(9-3-8-21)18(23)14-5-7-16(19)17(20)11-14/h4-7,10-11H,3,9H2,1-2H3. The van der Waals surface area contributed by atoms with Crippen molar-refractivity contribution in [1.82, 2.24) is 0 Å². The van der Waals surface area contributed by atoms with Crippen LogP contribution in [0.4, 0.5) is 14.5 Å². The highest BCUT2D eigenvalue weighted by Crippen LogP contribution is 2.22. The average molecular weight is 314 g/mol. The van der Waals surface area contributed by atoms with Gasteiger partial charge >= 0.3 is 0 Å². The summed E-state index contributed by atoms with van der Waals surface area (Å²) in [5.41, 5.74) is 2.75. The molecule has 0 aliphatic heterocycles. The molecule has 0 aliphatic carbocycles. The van der Waals surface area contributed by atoms with E-state index < -0.39 is 17.5 Å². The highest BCUT2D eigenvalue weighted by Gasteiger charge is 2.19. The van der Waals surface area contributed by atoms with E-state index in [0.29, 0.717) is 5.69 Å². The lowest BCUT2D eigenvalue weighted by molar-refractivity contribution is 0.0987. The van der Waals surface area contributed by atoms with Gasteiger partial charge in [0.25, 0.3) is 5.91 Å². The number of amides is 1. The van der Waals surface area contributed by atoms with Crippen molar-refractivity contribution in [1.29, 1.82) is 5.26 Å². The third kappa shape index (κ3) is 3.72. The maximum absolute atomic E-state index is 13.4. The number of anilines is 1. The Labute approximate surface area is 133 Å². The summed E-state index contributed by atoms with van der Waals surface area (Å²) in [7, 11) is 0. The van der Waals surface area contributed by atoms with Crippen molar-refractivity contribution >= 4 is 11.6 Å². The zero-order valence-corrected chi connectivity index (χ0v) is 12.9. The molecule has 1 amide bonds. The highest BCUT2D eigenvalue weighted by molar-refractivity contribution is 6.06. The van der Waals surface area contributed by atoms with Crippen LogP contribution in [0.2, 0.25) is 0 Å². The van der Waals surface area contributed by atoms with Gasteiger partial charge in [0.15, 0.2) is 11.6 Å². The average Bonchev–Trinajstić information content (AvgIpc) is 2.53. The number of benzene rings is 2. The van der Waals surface area contributed by atoms with Crippen LogP contribution in [0.1, 0.15) is 27.9 Å². The minimum Gasteiger partial charge on any atom is -0.307 e. The van der Waals surface area contributed by atoms with Crippen LogP contribution in [0, 0.1) is 36.8 Å². The second kappa shape index (κ2) is 7.01. The molecular weight excluding hydrogens is 298 g/mol. The predicted octanol–water partition coefficient (Wildman–Crippen LogP) is 4.14. The number of rotatable bonds is 4. The molecule has 0 fully saturated rings. The van der Waals surface area contributed by atoms with E-state index >= 15 is 0 Å².